The maximum Gasteiger partial charge on any atom is 0.155 e. The molecule has 1 N–H and O–H groups in total. The van der Waals surface area contributed by atoms with Gasteiger partial charge < -0.3 is 5.11 Å². The summed E-state index contributed by atoms with van der Waals surface area (Å²) in [4.78, 5) is 22.5. The Morgan fingerprint density at radius 1 is 0.641 bits per heavy atom. The Labute approximate surface area is 226 Å². The van der Waals surface area contributed by atoms with Crippen LogP contribution in [0.3, 0.4) is 0 Å². The van der Waals surface area contributed by atoms with Gasteiger partial charge in [-0.05, 0) is 42.3 Å². The summed E-state index contributed by atoms with van der Waals surface area (Å²) in [6.45, 7) is 1.44. The van der Waals surface area contributed by atoms with Gasteiger partial charge in [0.25, 0.3) is 0 Å². The van der Waals surface area contributed by atoms with Gasteiger partial charge in [0.1, 0.15) is 11.7 Å². The third-order valence-electron chi connectivity index (χ3n) is 6.87. The lowest BCUT2D eigenvalue weighted by Crippen LogP contribution is -2.13. The van der Waals surface area contributed by atoms with Crippen LogP contribution in [0.25, 0.3) is 44.1 Å². The molecule has 0 aliphatic rings. The van der Waals surface area contributed by atoms with Crippen LogP contribution in [0.4, 0.5) is 0 Å². The van der Waals surface area contributed by atoms with Crippen molar-refractivity contribution in [1.82, 2.24) is 9.97 Å². The molecule has 0 bridgehead atoms. The van der Waals surface area contributed by atoms with E-state index in [0.717, 1.165) is 44.1 Å². The summed E-state index contributed by atoms with van der Waals surface area (Å²) in [5.74, 6) is -1.13. The Hall–Kier alpha value is -5.09. The Morgan fingerprint density at radius 2 is 1.05 bits per heavy atom. The highest BCUT2D eigenvalue weighted by Crippen LogP contribution is 2.41. The number of hydrogen-bond donors (Lipinski definition) is 1. The van der Waals surface area contributed by atoms with Crippen molar-refractivity contribution < 1.29 is 9.90 Å². The number of nitrogens with zero attached hydrogens (tertiary/aromatic N) is 2. The number of aliphatic hydroxyl groups is 1. The van der Waals surface area contributed by atoms with Crippen molar-refractivity contribution in [3.8, 4) is 22.3 Å². The monoisotopic (exact) mass is 506 g/mol. The molecule has 2 heterocycles. The second kappa shape index (κ2) is 10.3. The molecule has 2 aromatic heterocycles. The number of benzene rings is 4. The molecule has 0 unspecified atom stereocenters. The van der Waals surface area contributed by atoms with Gasteiger partial charge in [-0.1, -0.05) is 97.1 Å². The fourth-order valence-corrected chi connectivity index (χ4v) is 5.10. The van der Waals surface area contributed by atoms with Crippen LogP contribution in [-0.2, 0) is 4.79 Å². The lowest BCUT2D eigenvalue weighted by molar-refractivity contribution is -0.112. The molecule has 188 valence electrons. The highest BCUT2D eigenvalue weighted by molar-refractivity contribution is 5.90. The van der Waals surface area contributed by atoms with Crippen LogP contribution in [0.2, 0.25) is 0 Å². The first-order valence-corrected chi connectivity index (χ1v) is 12.9. The summed E-state index contributed by atoms with van der Waals surface area (Å²) in [6.07, 6.45) is 1.28. The summed E-state index contributed by atoms with van der Waals surface area (Å²) in [5, 5.41) is 13.6. The first kappa shape index (κ1) is 24.3. The number of ketones is 1. The van der Waals surface area contributed by atoms with E-state index in [4.69, 9.17) is 9.97 Å². The summed E-state index contributed by atoms with van der Waals surface area (Å²) in [6, 6.07) is 40.1. The van der Waals surface area contributed by atoms with E-state index in [0.29, 0.717) is 11.4 Å². The zero-order valence-corrected chi connectivity index (χ0v) is 21.5. The summed E-state index contributed by atoms with van der Waals surface area (Å²) in [5.41, 5.74) is 6.55. The van der Waals surface area contributed by atoms with E-state index in [2.05, 4.69) is 12.1 Å². The number of rotatable bonds is 6. The lowest BCUT2D eigenvalue weighted by Gasteiger charge is -2.23. The Bertz CT molecular complexity index is 1720. The minimum atomic E-state index is -0.784. The summed E-state index contributed by atoms with van der Waals surface area (Å²) in [7, 11) is 0. The molecule has 0 amide bonds. The van der Waals surface area contributed by atoms with Crippen molar-refractivity contribution >= 4 is 27.6 Å². The zero-order valence-electron chi connectivity index (χ0n) is 21.5. The van der Waals surface area contributed by atoms with E-state index >= 15 is 0 Å². The van der Waals surface area contributed by atoms with Gasteiger partial charge >= 0.3 is 0 Å². The Kier molecular flexibility index (Phi) is 6.44. The Morgan fingerprint density at radius 3 is 1.49 bits per heavy atom. The van der Waals surface area contributed by atoms with Crippen molar-refractivity contribution in [2.75, 3.05) is 0 Å². The van der Waals surface area contributed by atoms with Crippen LogP contribution < -0.4 is 0 Å². The number of allylic oxidation sites excluding steroid dienone is 2. The second-order valence-electron chi connectivity index (χ2n) is 9.57. The maximum atomic E-state index is 12.3. The first-order valence-electron chi connectivity index (χ1n) is 12.9. The topological polar surface area (TPSA) is 63.1 Å². The molecule has 39 heavy (non-hydrogen) atoms. The van der Waals surface area contributed by atoms with Crippen LogP contribution in [0.5, 0.6) is 0 Å². The molecule has 6 aromatic rings. The quantitative estimate of drug-likeness (QED) is 0.182. The van der Waals surface area contributed by atoms with Gasteiger partial charge in [-0.25, -0.2) is 0 Å². The molecule has 0 spiro atoms. The predicted octanol–water partition coefficient (Wildman–Crippen LogP) is 8.28. The predicted molar refractivity (Wildman–Crippen MR) is 158 cm³/mol. The zero-order chi connectivity index (χ0) is 26.8. The molecule has 4 aromatic carbocycles. The Balaban J connectivity index is 1.73. The average molecular weight is 507 g/mol. The van der Waals surface area contributed by atoms with Crippen LogP contribution in [0.1, 0.15) is 24.2 Å². The van der Waals surface area contributed by atoms with E-state index in [1.807, 2.05) is 109 Å². The highest BCUT2D eigenvalue weighted by Gasteiger charge is 2.29. The van der Waals surface area contributed by atoms with Crippen molar-refractivity contribution in [3.63, 3.8) is 0 Å². The van der Waals surface area contributed by atoms with E-state index in [1.54, 1.807) is 0 Å². The van der Waals surface area contributed by atoms with Crippen LogP contribution in [0, 0.1) is 0 Å². The van der Waals surface area contributed by atoms with E-state index in [1.165, 1.54) is 13.0 Å². The molecule has 4 heteroatoms. The maximum absolute atomic E-state index is 12.3. The van der Waals surface area contributed by atoms with Gasteiger partial charge in [-0.2, -0.15) is 0 Å². The van der Waals surface area contributed by atoms with E-state index in [-0.39, 0.29) is 11.5 Å². The van der Waals surface area contributed by atoms with Crippen LogP contribution in [-0.4, -0.2) is 20.9 Å². The minimum absolute atomic E-state index is 0.0950. The first-order chi connectivity index (χ1) is 19.1. The second-order valence-corrected chi connectivity index (χ2v) is 9.57. The minimum Gasteiger partial charge on any atom is -0.511 e. The number of carbonyl (C=O) groups excluding carboxylic acids is 1. The molecule has 0 atom stereocenters. The molecule has 0 aliphatic heterocycles. The van der Waals surface area contributed by atoms with Crippen molar-refractivity contribution in [1.29, 1.82) is 0 Å². The fourth-order valence-electron chi connectivity index (χ4n) is 5.10. The number of hydrogen-bond acceptors (Lipinski definition) is 4. The molecule has 0 saturated carbocycles. The summed E-state index contributed by atoms with van der Waals surface area (Å²) < 4.78 is 0. The van der Waals surface area contributed by atoms with Crippen LogP contribution in [0.15, 0.2) is 133 Å². The number of fused-ring (bicyclic) bond motifs is 2. The van der Waals surface area contributed by atoms with E-state index in [9.17, 15) is 9.90 Å². The summed E-state index contributed by atoms with van der Waals surface area (Å²) >= 11 is 0. The number of carbonyl (C=O) groups is 1. The number of para-hydroxylation sites is 2. The fraction of sp³-hybridized carbons (Fsp3) is 0.0571. The molecule has 6 rings (SSSR count). The van der Waals surface area contributed by atoms with Gasteiger partial charge in [0.2, 0.25) is 0 Å². The average Bonchev–Trinajstić information content (AvgIpc) is 2.97. The molecular formula is C35H26N2O2. The molecule has 0 fully saturated rings. The van der Waals surface area contributed by atoms with Gasteiger partial charge in [-0.3, -0.25) is 14.8 Å². The number of aromatic nitrogens is 2. The molecule has 0 aliphatic carbocycles. The molecule has 0 radical (unpaired) electrons. The smallest absolute Gasteiger partial charge is 0.155 e. The molecular weight excluding hydrogens is 480 g/mol. The number of aliphatic hydroxyl groups excluding tert-OH is 1. The standard InChI is InChI=1S/C35H26N2O2/c1-23(38)20-32(39)33(34-28(24-12-4-2-5-13-24)21-26-16-8-10-18-30(26)36-34)35-29(25-14-6-3-7-15-25)22-27-17-9-11-19-31(27)37-35/h2-22,33,39H,1H3. The molecule has 0 saturated heterocycles. The SMILES string of the molecule is CC(=O)C=C(O)C(c1nc2ccccc2cc1-c1ccccc1)c1nc2ccccc2cc1-c1ccccc1. The van der Waals surface area contributed by atoms with Crippen LogP contribution >= 0.6 is 0 Å². The van der Waals surface area contributed by atoms with Crippen molar-refractivity contribution in [2.24, 2.45) is 0 Å². The van der Waals surface area contributed by atoms with Crippen molar-refractivity contribution in [3.05, 3.63) is 145 Å². The lowest BCUT2D eigenvalue weighted by atomic mass is 9.86. The van der Waals surface area contributed by atoms with Gasteiger partial charge in [0, 0.05) is 28.0 Å². The number of pyridine rings is 2. The largest absolute Gasteiger partial charge is 0.511 e. The highest BCUT2D eigenvalue weighted by atomic mass is 16.3. The molecule has 4 nitrogen and oxygen atoms in total. The van der Waals surface area contributed by atoms with Gasteiger partial charge in [0.05, 0.1) is 22.4 Å². The van der Waals surface area contributed by atoms with E-state index < -0.39 is 5.92 Å². The van der Waals surface area contributed by atoms with Gasteiger partial charge in [0.15, 0.2) is 5.78 Å². The normalized spacial score (nSPS) is 11.8. The third-order valence-corrected chi connectivity index (χ3v) is 6.87. The van der Waals surface area contributed by atoms with Gasteiger partial charge in [-0.15, -0.1) is 0 Å². The van der Waals surface area contributed by atoms with Crippen molar-refractivity contribution in [2.45, 2.75) is 12.8 Å². The third kappa shape index (κ3) is 4.80.